The molecule has 0 fully saturated rings. The van der Waals surface area contributed by atoms with E-state index in [4.69, 9.17) is 24.1 Å². The first-order valence-corrected chi connectivity index (χ1v) is 8.03. The lowest BCUT2D eigenvalue weighted by Gasteiger charge is -2.16. The summed E-state index contributed by atoms with van der Waals surface area (Å²) in [5.41, 5.74) is 2.83. The normalized spacial score (nSPS) is 10.5. The highest BCUT2D eigenvalue weighted by atomic mass is 16.5. The van der Waals surface area contributed by atoms with Crippen LogP contribution in [0.25, 0.3) is 11.6 Å². The zero-order chi connectivity index (χ0) is 20.0. The van der Waals surface area contributed by atoms with Gasteiger partial charge in [0.2, 0.25) is 5.75 Å². The number of carboxylic acids is 1. The van der Waals surface area contributed by atoms with Gasteiger partial charge in [-0.25, -0.2) is 4.79 Å². The van der Waals surface area contributed by atoms with Crippen molar-refractivity contribution in [3.63, 3.8) is 0 Å². The molecule has 0 radical (unpaired) electrons. The molecule has 0 aromatic heterocycles. The summed E-state index contributed by atoms with van der Waals surface area (Å²) in [4.78, 5) is 10.9. The Morgan fingerprint density at radius 3 is 2.07 bits per heavy atom. The van der Waals surface area contributed by atoms with Crippen LogP contribution in [0.4, 0.5) is 0 Å². The molecule has 0 bridgehead atoms. The number of methoxy groups -OCH3 is 4. The number of carbonyl (C=O) groups is 1. The third-order valence-corrected chi connectivity index (χ3v) is 4.00. The van der Waals surface area contributed by atoms with E-state index in [0.29, 0.717) is 34.1 Å². The monoisotopic (exact) mass is 370 g/mol. The van der Waals surface area contributed by atoms with Crippen LogP contribution in [0.5, 0.6) is 23.0 Å². The first-order chi connectivity index (χ1) is 12.9. The highest BCUT2D eigenvalue weighted by Gasteiger charge is 2.16. The van der Waals surface area contributed by atoms with Crippen molar-refractivity contribution in [1.82, 2.24) is 0 Å². The molecule has 0 aliphatic rings. The standard InChI is InChI=1S/C21H22O6/c1-13(15-11-18(25-3)21(27-5)19(12-15)26-4)17-8-7-16(24-2)10-14(17)6-9-20(22)23/h6-12H,1H2,2-5H3,(H,22,23). The van der Waals surface area contributed by atoms with Gasteiger partial charge in [-0.05, 0) is 52.6 Å². The second kappa shape index (κ2) is 8.80. The predicted octanol–water partition coefficient (Wildman–Crippen LogP) is 3.88. The molecule has 0 aliphatic heterocycles. The molecule has 0 unspecified atom stereocenters. The van der Waals surface area contributed by atoms with E-state index in [0.717, 1.165) is 17.2 Å². The van der Waals surface area contributed by atoms with Gasteiger partial charge in [-0.3, -0.25) is 0 Å². The van der Waals surface area contributed by atoms with Gasteiger partial charge in [0.25, 0.3) is 0 Å². The van der Waals surface area contributed by atoms with Gasteiger partial charge in [-0.1, -0.05) is 12.6 Å². The summed E-state index contributed by atoms with van der Waals surface area (Å²) in [6.07, 6.45) is 2.57. The van der Waals surface area contributed by atoms with E-state index in [1.807, 2.05) is 6.07 Å². The van der Waals surface area contributed by atoms with Crippen molar-refractivity contribution in [3.8, 4) is 23.0 Å². The summed E-state index contributed by atoms with van der Waals surface area (Å²) in [6.45, 7) is 4.17. The van der Waals surface area contributed by atoms with Crippen LogP contribution in [0.15, 0.2) is 43.0 Å². The molecule has 142 valence electrons. The Labute approximate surface area is 158 Å². The minimum atomic E-state index is -1.04. The lowest BCUT2D eigenvalue weighted by atomic mass is 9.94. The van der Waals surface area contributed by atoms with Crippen LogP contribution >= 0.6 is 0 Å². The molecule has 0 heterocycles. The quantitative estimate of drug-likeness (QED) is 0.711. The van der Waals surface area contributed by atoms with Gasteiger partial charge in [-0.15, -0.1) is 0 Å². The molecule has 2 aromatic carbocycles. The Balaban J connectivity index is 2.59. The van der Waals surface area contributed by atoms with E-state index in [1.165, 1.54) is 27.4 Å². The van der Waals surface area contributed by atoms with Crippen molar-refractivity contribution >= 4 is 17.6 Å². The highest BCUT2D eigenvalue weighted by molar-refractivity contribution is 5.90. The molecular formula is C21H22O6. The second-order valence-corrected chi connectivity index (χ2v) is 5.52. The first-order valence-electron chi connectivity index (χ1n) is 8.03. The zero-order valence-electron chi connectivity index (χ0n) is 15.7. The Bertz CT molecular complexity index is 857. The van der Waals surface area contributed by atoms with E-state index in [-0.39, 0.29) is 0 Å². The SMILES string of the molecule is C=C(c1cc(OC)c(OC)c(OC)c1)c1ccc(OC)cc1C=CC(=O)O. The van der Waals surface area contributed by atoms with E-state index in [9.17, 15) is 4.79 Å². The number of benzene rings is 2. The summed E-state index contributed by atoms with van der Waals surface area (Å²) in [5, 5.41) is 8.95. The van der Waals surface area contributed by atoms with E-state index in [1.54, 1.807) is 31.4 Å². The molecule has 6 nitrogen and oxygen atoms in total. The molecule has 0 spiro atoms. The van der Waals surface area contributed by atoms with Crippen LogP contribution in [0.1, 0.15) is 16.7 Å². The fourth-order valence-electron chi connectivity index (χ4n) is 2.65. The minimum Gasteiger partial charge on any atom is -0.497 e. The van der Waals surface area contributed by atoms with Gasteiger partial charge in [0.15, 0.2) is 11.5 Å². The van der Waals surface area contributed by atoms with E-state index in [2.05, 4.69) is 6.58 Å². The molecule has 0 aliphatic carbocycles. The lowest BCUT2D eigenvalue weighted by Crippen LogP contribution is -1.98. The van der Waals surface area contributed by atoms with Crippen molar-refractivity contribution in [3.05, 3.63) is 59.7 Å². The minimum absolute atomic E-state index is 0.484. The predicted molar refractivity (Wildman–Crippen MR) is 104 cm³/mol. The summed E-state index contributed by atoms with van der Waals surface area (Å²) in [7, 11) is 6.16. The first kappa shape index (κ1) is 19.9. The number of hydrogen-bond donors (Lipinski definition) is 1. The van der Waals surface area contributed by atoms with E-state index < -0.39 is 5.97 Å². The lowest BCUT2D eigenvalue weighted by molar-refractivity contribution is -0.131. The number of rotatable bonds is 8. The smallest absolute Gasteiger partial charge is 0.328 e. The van der Waals surface area contributed by atoms with Gasteiger partial charge < -0.3 is 24.1 Å². The second-order valence-electron chi connectivity index (χ2n) is 5.52. The fraction of sp³-hybridized carbons (Fsp3) is 0.190. The number of ether oxygens (including phenoxy) is 4. The maximum absolute atomic E-state index is 10.9. The Kier molecular flexibility index (Phi) is 6.49. The van der Waals surface area contributed by atoms with Crippen LogP contribution in [0.3, 0.4) is 0 Å². The third-order valence-electron chi connectivity index (χ3n) is 4.00. The molecule has 0 saturated carbocycles. The number of hydrogen-bond acceptors (Lipinski definition) is 5. The molecule has 1 N–H and O–H groups in total. The number of aliphatic carboxylic acids is 1. The maximum atomic E-state index is 10.9. The molecular weight excluding hydrogens is 348 g/mol. The van der Waals surface area contributed by atoms with E-state index >= 15 is 0 Å². The molecule has 0 atom stereocenters. The molecule has 2 rings (SSSR count). The summed E-state index contributed by atoms with van der Waals surface area (Å²) >= 11 is 0. The van der Waals surface area contributed by atoms with Crippen molar-refractivity contribution in [1.29, 1.82) is 0 Å². The van der Waals surface area contributed by atoms with Gasteiger partial charge in [0.1, 0.15) is 5.75 Å². The topological polar surface area (TPSA) is 74.2 Å². The van der Waals surface area contributed by atoms with Crippen molar-refractivity contribution in [2.75, 3.05) is 28.4 Å². The van der Waals surface area contributed by atoms with Crippen LogP contribution in [0, 0.1) is 0 Å². The van der Waals surface area contributed by atoms with Crippen molar-refractivity contribution in [2.24, 2.45) is 0 Å². The van der Waals surface area contributed by atoms with Crippen molar-refractivity contribution < 1.29 is 28.8 Å². The van der Waals surface area contributed by atoms with Crippen LogP contribution < -0.4 is 18.9 Å². The van der Waals surface area contributed by atoms with Gasteiger partial charge in [-0.2, -0.15) is 0 Å². The van der Waals surface area contributed by atoms with Crippen molar-refractivity contribution in [2.45, 2.75) is 0 Å². The van der Waals surface area contributed by atoms with Gasteiger partial charge in [0, 0.05) is 6.08 Å². The maximum Gasteiger partial charge on any atom is 0.328 e. The Morgan fingerprint density at radius 1 is 0.963 bits per heavy atom. The fourth-order valence-corrected chi connectivity index (χ4v) is 2.65. The average Bonchev–Trinajstić information content (AvgIpc) is 2.70. The van der Waals surface area contributed by atoms with Crippen LogP contribution in [0.2, 0.25) is 0 Å². The molecule has 0 saturated heterocycles. The zero-order valence-corrected chi connectivity index (χ0v) is 15.7. The molecule has 6 heteroatoms. The summed E-state index contributed by atoms with van der Waals surface area (Å²) in [5.74, 6) is 1.06. The van der Waals surface area contributed by atoms with Crippen LogP contribution in [-0.2, 0) is 4.79 Å². The molecule has 2 aromatic rings. The number of carboxylic acid groups (broad SMARTS) is 1. The third kappa shape index (κ3) is 4.41. The highest BCUT2D eigenvalue weighted by Crippen LogP contribution is 2.41. The average molecular weight is 370 g/mol. The Hall–Kier alpha value is -3.41. The van der Waals surface area contributed by atoms with Gasteiger partial charge >= 0.3 is 5.97 Å². The molecule has 0 amide bonds. The van der Waals surface area contributed by atoms with Crippen LogP contribution in [-0.4, -0.2) is 39.5 Å². The van der Waals surface area contributed by atoms with Gasteiger partial charge in [0.05, 0.1) is 28.4 Å². The summed E-state index contributed by atoms with van der Waals surface area (Å²) in [6, 6.07) is 8.94. The summed E-state index contributed by atoms with van der Waals surface area (Å²) < 4.78 is 21.4. The Morgan fingerprint density at radius 2 is 1.59 bits per heavy atom. The molecule has 27 heavy (non-hydrogen) atoms. The largest absolute Gasteiger partial charge is 0.497 e.